The predicted molar refractivity (Wildman–Crippen MR) is 58.3 cm³/mol. The summed E-state index contributed by atoms with van der Waals surface area (Å²) in [7, 11) is -0.658. The second-order valence-corrected chi connectivity index (χ2v) is 4.99. The SMILES string of the molecule is C=C/C(=N\C(=C/C)C(F)(F)F)[SH](C)C. The van der Waals surface area contributed by atoms with Crippen LogP contribution in [0.25, 0.3) is 0 Å². The van der Waals surface area contributed by atoms with Crippen LogP contribution in [0, 0.1) is 0 Å². The number of rotatable bonds is 2. The average molecular weight is 225 g/mol. The van der Waals surface area contributed by atoms with Crippen molar-refractivity contribution in [2.24, 2.45) is 4.99 Å². The van der Waals surface area contributed by atoms with Gasteiger partial charge >= 0.3 is 6.18 Å². The molecule has 0 spiro atoms. The van der Waals surface area contributed by atoms with E-state index in [1.807, 2.05) is 12.5 Å². The third kappa shape index (κ3) is 4.00. The molecular formula is C9H14F3NS. The first-order valence-corrected chi connectivity index (χ1v) is 6.18. The monoisotopic (exact) mass is 225 g/mol. The van der Waals surface area contributed by atoms with E-state index in [9.17, 15) is 13.2 Å². The summed E-state index contributed by atoms with van der Waals surface area (Å²) < 4.78 is 36.8. The van der Waals surface area contributed by atoms with Crippen LogP contribution in [-0.4, -0.2) is 23.7 Å². The molecule has 5 heteroatoms. The molecule has 14 heavy (non-hydrogen) atoms. The lowest BCUT2D eigenvalue weighted by Gasteiger charge is -2.12. The first-order valence-electron chi connectivity index (χ1n) is 3.95. The number of halogens is 3. The maximum absolute atomic E-state index is 12.3. The van der Waals surface area contributed by atoms with Gasteiger partial charge in [-0.15, -0.1) is 0 Å². The molecule has 0 aromatic heterocycles. The van der Waals surface area contributed by atoms with Gasteiger partial charge in [-0.3, -0.25) is 0 Å². The molecule has 0 N–H and O–H groups in total. The molecule has 0 bridgehead atoms. The molecule has 82 valence electrons. The van der Waals surface area contributed by atoms with Gasteiger partial charge in [0.25, 0.3) is 0 Å². The summed E-state index contributed by atoms with van der Waals surface area (Å²) in [5.41, 5.74) is -0.858. The molecule has 0 aliphatic heterocycles. The van der Waals surface area contributed by atoms with Gasteiger partial charge < -0.3 is 0 Å². The van der Waals surface area contributed by atoms with Crippen LogP contribution < -0.4 is 0 Å². The summed E-state index contributed by atoms with van der Waals surface area (Å²) in [6.45, 7) is 4.76. The fourth-order valence-corrected chi connectivity index (χ4v) is 1.42. The molecule has 0 aromatic rings. The van der Waals surface area contributed by atoms with Crippen molar-refractivity contribution in [3.63, 3.8) is 0 Å². The first kappa shape index (κ1) is 13.3. The van der Waals surface area contributed by atoms with Crippen LogP contribution >= 0.6 is 10.9 Å². The van der Waals surface area contributed by atoms with Crippen molar-refractivity contribution in [1.29, 1.82) is 0 Å². The van der Waals surface area contributed by atoms with Crippen LogP contribution in [0.4, 0.5) is 13.2 Å². The number of alkyl halides is 3. The third-order valence-electron chi connectivity index (χ3n) is 1.44. The topological polar surface area (TPSA) is 12.4 Å². The minimum atomic E-state index is -4.38. The van der Waals surface area contributed by atoms with Gasteiger partial charge in [-0.1, -0.05) is 12.7 Å². The van der Waals surface area contributed by atoms with Gasteiger partial charge in [0.1, 0.15) is 5.70 Å². The fourth-order valence-electron chi connectivity index (χ4n) is 0.743. The Kier molecular flexibility index (Phi) is 4.97. The van der Waals surface area contributed by atoms with Crippen molar-refractivity contribution in [3.05, 3.63) is 24.4 Å². The van der Waals surface area contributed by atoms with Crippen LogP contribution in [0.3, 0.4) is 0 Å². The summed E-state index contributed by atoms with van der Waals surface area (Å²) in [4.78, 5) is 3.55. The van der Waals surface area contributed by atoms with Crippen molar-refractivity contribution in [2.45, 2.75) is 13.1 Å². The molecule has 0 saturated heterocycles. The van der Waals surface area contributed by atoms with Crippen molar-refractivity contribution >= 4 is 15.9 Å². The second-order valence-electron chi connectivity index (χ2n) is 2.74. The number of hydrogen-bond acceptors (Lipinski definition) is 1. The number of allylic oxidation sites excluding steroid dienone is 2. The number of hydrogen-bond donors (Lipinski definition) is 1. The predicted octanol–water partition coefficient (Wildman–Crippen LogP) is 3.30. The van der Waals surface area contributed by atoms with Crippen LogP contribution in [0.5, 0.6) is 0 Å². The van der Waals surface area contributed by atoms with E-state index in [-0.39, 0.29) is 0 Å². The molecule has 0 unspecified atom stereocenters. The Morgan fingerprint density at radius 3 is 2.07 bits per heavy atom. The Labute approximate surface area is 84.8 Å². The maximum atomic E-state index is 12.3. The highest BCUT2D eigenvalue weighted by Crippen LogP contribution is 2.29. The van der Waals surface area contributed by atoms with Gasteiger partial charge in [0, 0.05) is 0 Å². The Morgan fingerprint density at radius 2 is 1.86 bits per heavy atom. The Hall–Kier alpha value is -0.710. The molecule has 0 heterocycles. The molecule has 0 aromatic carbocycles. The highest BCUT2D eigenvalue weighted by molar-refractivity contribution is 8.29. The zero-order chi connectivity index (χ0) is 11.4. The fraction of sp³-hybridized carbons (Fsp3) is 0.444. The lowest BCUT2D eigenvalue weighted by atomic mass is 10.4. The van der Waals surface area contributed by atoms with Gasteiger partial charge in [0.15, 0.2) is 0 Å². The second kappa shape index (κ2) is 5.24. The van der Waals surface area contributed by atoms with Gasteiger partial charge in [-0.25, -0.2) is 15.9 Å². The van der Waals surface area contributed by atoms with Crippen LogP contribution in [-0.2, 0) is 0 Å². The standard InChI is InChI=1S/C9H14F3NS/c1-5-7(9(10,11)12)13-8(6-2)14(3)4/h5-6,14H,2H2,1,3-4H3/b7-5-,13-8+. The van der Waals surface area contributed by atoms with E-state index in [0.29, 0.717) is 5.04 Å². The van der Waals surface area contributed by atoms with E-state index >= 15 is 0 Å². The van der Waals surface area contributed by atoms with E-state index < -0.39 is 22.8 Å². The minimum absolute atomic E-state index is 0.408. The normalized spacial score (nSPS) is 15.4. The number of thiol groups is 1. The smallest absolute Gasteiger partial charge is 0.239 e. The largest absolute Gasteiger partial charge is 0.433 e. The summed E-state index contributed by atoms with van der Waals surface area (Å²) in [6, 6.07) is 0. The third-order valence-corrected chi connectivity index (χ3v) is 2.64. The van der Waals surface area contributed by atoms with Crippen molar-refractivity contribution in [2.75, 3.05) is 12.5 Å². The summed E-state index contributed by atoms with van der Waals surface area (Å²) in [5, 5.41) is 0.408. The lowest BCUT2D eigenvalue weighted by molar-refractivity contribution is -0.0923. The zero-order valence-electron chi connectivity index (χ0n) is 8.39. The quantitative estimate of drug-likeness (QED) is 0.420. The molecule has 0 amide bonds. The molecule has 0 rings (SSSR count). The van der Waals surface area contributed by atoms with E-state index in [4.69, 9.17) is 0 Å². The van der Waals surface area contributed by atoms with Crippen molar-refractivity contribution < 1.29 is 13.2 Å². The van der Waals surface area contributed by atoms with E-state index in [1.165, 1.54) is 13.0 Å². The molecule has 0 aliphatic carbocycles. The molecular weight excluding hydrogens is 211 g/mol. The summed E-state index contributed by atoms with van der Waals surface area (Å²) >= 11 is 0. The molecule has 0 radical (unpaired) electrons. The Bertz CT molecular complexity index is 264. The Balaban J connectivity index is 5.02. The van der Waals surface area contributed by atoms with Gasteiger partial charge in [-0.05, 0) is 25.5 Å². The van der Waals surface area contributed by atoms with Gasteiger partial charge in [0.05, 0.1) is 5.04 Å². The Morgan fingerprint density at radius 1 is 1.36 bits per heavy atom. The number of nitrogens with zero attached hydrogens (tertiary/aromatic N) is 1. The highest BCUT2D eigenvalue weighted by Gasteiger charge is 2.33. The van der Waals surface area contributed by atoms with Crippen molar-refractivity contribution in [1.82, 2.24) is 0 Å². The molecule has 0 fully saturated rings. The molecule has 0 atom stereocenters. The lowest BCUT2D eigenvalue weighted by Crippen LogP contribution is -2.11. The number of aliphatic imine (C=N–C) groups is 1. The van der Waals surface area contributed by atoms with Crippen LogP contribution in [0.15, 0.2) is 29.4 Å². The molecule has 1 nitrogen and oxygen atoms in total. The zero-order valence-corrected chi connectivity index (χ0v) is 9.28. The van der Waals surface area contributed by atoms with E-state index in [0.717, 1.165) is 6.08 Å². The van der Waals surface area contributed by atoms with E-state index in [1.54, 1.807) is 0 Å². The van der Waals surface area contributed by atoms with Crippen molar-refractivity contribution in [3.8, 4) is 0 Å². The van der Waals surface area contributed by atoms with Gasteiger partial charge in [0.2, 0.25) is 0 Å². The first-order chi connectivity index (χ1) is 6.32. The highest BCUT2D eigenvalue weighted by atomic mass is 32.2. The van der Waals surface area contributed by atoms with Gasteiger partial charge in [-0.2, -0.15) is 13.2 Å². The molecule has 0 saturated carbocycles. The van der Waals surface area contributed by atoms with Crippen LogP contribution in [0.2, 0.25) is 0 Å². The average Bonchev–Trinajstić information content (AvgIpc) is 2.03. The summed E-state index contributed by atoms with van der Waals surface area (Å²) in [5.74, 6) is 0. The molecule has 0 aliphatic rings. The minimum Gasteiger partial charge on any atom is -0.239 e. The van der Waals surface area contributed by atoms with E-state index in [2.05, 4.69) is 11.6 Å². The maximum Gasteiger partial charge on any atom is 0.433 e. The summed E-state index contributed by atoms with van der Waals surface area (Å²) in [6.07, 6.45) is 1.62. The van der Waals surface area contributed by atoms with Crippen LogP contribution in [0.1, 0.15) is 6.92 Å².